The van der Waals surface area contributed by atoms with E-state index in [-0.39, 0.29) is 11.8 Å². The van der Waals surface area contributed by atoms with Crippen LogP contribution in [0.3, 0.4) is 0 Å². The van der Waals surface area contributed by atoms with Gasteiger partial charge in [-0.05, 0) is 55.7 Å². The first-order chi connectivity index (χ1) is 11.4. The van der Waals surface area contributed by atoms with E-state index in [2.05, 4.69) is 21.2 Å². The van der Waals surface area contributed by atoms with Gasteiger partial charge in [0.15, 0.2) is 0 Å². The normalized spacial score (nSPS) is 14.8. The van der Waals surface area contributed by atoms with Crippen LogP contribution in [-0.4, -0.2) is 18.9 Å². The third kappa shape index (κ3) is 3.08. The number of amides is 2. The van der Waals surface area contributed by atoms with Gasteiger partial charge in [-0.1, -0.05) is 34.1 Å². The van der Waals surface area contributed by atoms with E-state index >= 15 is 0 Å². The second-order valence-electron chi connectivity index (χ2n) is 6.20. The second-order valence-corrected chi connectivity index (χ2v) is 7.11. The molecule has 2 aromatic rings. The number of carbonyl (C=O) groups excluding carboxylic acids is 2. The van der Waals surface area contributed by atoms with Gasteiger partial charge >= 0.3 is 0 Å². The van der Waals surface area contributed by atoms with Crippen LogP contribution in [0.4, 0.5) is 11.4 Å². The van der Waals surface area contributed by atoms with E-state index in [1.165, 1.54) is 0 Å². The maximum atomic E-state index is 12.9. The molecule has 1 saturated carbocycles. The van der Waals surface area contributed by atoms with Crippen molar-refractivity contribution < 1.29 is 9.59 Å². The molecule has 0 heterocycles. The minimum absolute atomic E-state index is 0.152. The summed E-state index contributed by atoms with van der Waals surface area (Å²) in [6, 6.07) is 15.0. The third-order valence-electron chi connectivity index (χ3n) is 4.48. The molecule has 24 heavy (non-hydrogen) atoms. The highest BCUT2D eigenvalue weighted by Gasteiger charge is 2.57. The highest BCUT2D eigenvalue weighted by molar-refractivity contribution is 9.10. The van der Waals surface area contributed by atoms with Crippen molar-refractivity contribution in [3.63, 3.8) is 0 Å². The SMILES string of the molecule is Cc1cc(Br)ccc1NC(=O)C1(C(=O)N(C)c2ccccc2)CC1. The molecule has 0 atom stereocenters. The van der Waals surface area contributed by atoms with Gasteiger partial charge in [-0.15, -0.1) is 0 Å². The maximum Gasteiger partial charge on any atom is 0.242 e. The van der Waals surface area contributed by atoms with Crippen molar-refractivity contribution in [3.8, 4) is 0 Å². The van der Waals surface area contributed by atoms with Gasteiger partial charge in [0.1, 0.15) is 5.41 Å². The fraction of sp³-hybridized carbons (Fsp3) is 0.263. The first kappa shape index (κ1) is 16.7. The molecule has 0 unspecified atom stereocenters. The van der Waals surface area contributed by atoms with Gasteiger partial charge in [-0.2, -0.15) is 0 Å². The molecule has 0 spiro atoms. The Morgan fingerprint density at radius 2 is 1.79 bits per heavy atom. The van der Waals surface area contributed by atoms with Crippen LogP contribution in [0.5, 0.6) is 0 Å². The summed E-state index contributed by atoms with van der Waals surface area (Å²) in [7, 11) is 1.72. The molecule has 1 N–H and O–H groups in total. The number of aryl methyl sites for hydroxylation is 1. The molecule has 1 aliphatic rings. The molecule has 0 radical (unpaired) electrons. The Kier molecular flexibility index (Phi) is 4.45. The third-order valence-corrected chi connectivity index (χ3v) is 4.97. The quantitative estimate of drug-likeness (QED) is 0.802. The predicted molar refractivity (Wildman–Crippen MR) is 99.0 cm³/mol. The van der Waals surface area contributed by atoms with Crippen molar-refractivity contribution >= 4 is 39.1 Å². The summed E-state index contributed by atoms with van der Waals surface area (Å²) >= 11 is 3.41. The highest BCUT2D eigenvalue weighted by Crippen LogP contribution is 2.48. The number of hydrogen-bond donors (Lipinski definition) is 1. The van der Waals surface area contributed by atoms with Gasteiger partial charge < -0.3 is 10.2 Å². The van der Waals surface area contributed by atoms with Crippen LogP contribution in [0.1, 0.15) is 18.4 Å². The number of para-hydroxylation sites is 1. The van der Waals surface area contributed by atoms with E-state index < -0.39 is 5.41 Å². The number of nitrogens with one attached hydrogen (secondary N) is 1. The van der Waals surface area contributed by atoms with Gasteiger partial charge in [0.2, 0.25) is 11.8 Å². The lowest BCUT2D eigenvalue weighted by atomic mass is 10.0. The van der Waals surface area contributed by atoms with E-state index in [1.54, 1.807) is 11.9 Å². The van der Waals surface area contributed by atoms with Crippen molar-refractivity contribution in [2.75, 3.05) is 17.3 Å². The van der Waals surface area contributed by atoms with E-state index in [0.717, 1.165) is 21.4 Å². The van der Waals surface area contributed by atoms with Gasteiger partial charge in [-0.25, -0.2) is 0 Å². The van der Waals surface area contributed by atoms with Gasteiger partial charge in [0, 0.05) is 22.9 Å². The fourth-order valence-corrected chi connectivity index (χ4v) is 3.24. The number of benzene rings is 2. The molecular weight excluding hydrogens is 368 g/mol. The van der Waals surface area contributed by atoms with E-state index in [0.29, 0.717) is 12.8 Å². The van der Waals surface area contributed by atoms with Crippen molar-refractivity contribution in [3.05, 3.63) is 58.6 Å². The number of nitrogens with zero attached hydrogens (tertiary/aromatic N) is 1. The number of anilines is 2. The molecular formula is C19H19BrN2O2. The molecule has 0 saturated heterocycles. The summed E-state index contributed by atoms with van der Waals surface area (Å²) < 4.78 is 0.957. The van der Waals surface area contributed by atoms with Crippen LogP contribution in [0, 0.1) is 12.3 Å². The van der Waals surface area contributed by atoms with Crippen LogP contribution < -0.4 is 10.2 Å². The number of rotatable bonds is 4. The zero-order valence-corrected chi connectivity index (χ0v) is 15.3. The summed E-state index contributed by atoms with van der Waals surface area (Å²) in [5.41, 5.74) is 1.55. The summed E-state index contributed by atoms with van der Waals surface area (Å²) in [5.74, 6) is -0.373. The lowest BCUT2D eigenvalue weighted by Gasteiger charge is -2.23. The highest BCUT2D eigenvalue weighted by atomic mass is 79.9. The van der Waals surface area contributed by atoms with Crippen LogP contribution in [0.2, 0.25) is 0 Å². The Bertz CT molecular complexity index is 785. The maximum absolute atomic E-state index is 12.9. The van der Waals surface area contributed by atoms with Gasteiger partial charge in [0.05, 0.1) is 0 Å². The van der Waals surface area contributed by atoms with Crippen molar-refractivity contribution in [2.24, 2.45) is 5.41 Å². The first-order valence-corrected chi connectivity index (χ1v) is 8.64. The molecule has 4 nitrogen and oxygen atoms in total. The standard InChI is InChI=1S/C19H19BrN2O2/c1-13-12-14(20)8-9-16(13)21-17(23)19(10-11-19)18(24)22(2)15-6-4-3-5-7-15/h3-9,12H,10-11H2,1-2H3,(H,21,23). The van der Waals surface area contributed by atoms with Crippen molar-refractivity contribution in [2.45, 2.75) is 19.8 Å². The first-order valence-electron chi connectivity index (χ1n) is 7.85. The minimum atomic E-state index is -0.940. The van der Waals surface area contributed by atoms with Crippen LogP contribution >= 0.6 is 15.9 Å². The summed E-state index contributed by atoms with van der Waals surface area (Å²) in [4.78, 5) is 27.2. The zero-order chi connectivity index (χ0) is 17.3. The lowest BCUT2D eigenvalue weighted by molar-refractivity contribution is -0.132. The Hall–Kier alpha value is -2.14. The molecule has 5 heteroatoms. The number of halogens is 1. The molecule has 0 aliphatic heterocycles. The van der Waals surface area contributed by atoms with Crippen LogP contribution in [-0.2, 0) is 9.59 Å². The van der Waals surface area contributed by atoms with E-state index in [1.807, 2.05) is 55.5 Å². The van der Waals surface area contributed by atoms with Crippen molar-refractivity contribution in [1.82, 2.24) is 0 Å². The average molecular weight is 387 g/mol. The molecule has 0 aromatic heterocycles. The topological polar surface area (TPSA) is 49.4 Å². The summed E-state index contributed by atoms with van der Waals surface area (Å²) in [5, 5.41) is 2.92. The fourth-order valence-electron chi connectivity index (χ4n) is 2.76. The summed E-state index contributed by atoms with van der Waals surface area (Å²) in [6.45, 7) is 1.93. The molecule has 2 aromatic carbocycles. The zero-order valence-electron chi connectivity index (χ0n) is 13.7. The largest absolute Gasteiger partial charge is 0.325 e. The lowest BCUT2D eigenvalue weighted by Crippen LogP contribution is -2.41. The Morgan fingerprint density at radius 3 is 2.38 bits per heavy atom. The number of carbonyl (C=O) groups is 2. The van der Waals surface area contributed by atoms with Crippen LogP contribution in [0.15, 0.2) is 53.0 Å². The number of hydrogen-bond acceptors (Lipinski definition) is 2. The minimum Gasteiger partial charge on any atom is -0.325 e. The molecule has 3 rings (SSSR count). The Labute approximate surface area is 150 Å². The molecule has 1 fully saturated rings. The molecule has 1 aliphatic carbocycles. The molecule has 2 amide bonds. The smallest absolute Gasteiger partial charge is 0.242 e. The average Bonchev–Trinajstić information content (AvgIpc) is 3.38. The monoisotopic (exact) mass is 386 g/mol. The van der Waals surface area contributed by atoms with Crippen molar-refractivity contribution in [1.29, 1.82) is 0 Å². The van der Waals surface area contributed by atoms with E-state index in [4.69, 9.17) is 0 Å². The molecule has 0 bridgehead atoms. The Balaban J connectivity index is 1.78. The van der Waals surface area contributed by atoms with E-state index in [9.17, 15) is 9.59 Å². The molecule has 124 valence electrons. The van der Waals surface area contributed by atoms with Gasteiger partial charge in [-0.3, -0.25) is 9.59 Å². The summed E-state index contributed by atoms with van der Waals surface area (Å²) in [6.07, 6.45) is 1.18. The predicted octanol–water partition coefficient (Wildman–Crippen LogP) is 4.14. The second kappa shape index (κ2) is 6.40. The van der Waals surface area contributed by atoms with Crippen LogP contribution in [0.25, 0.3) is 0 Å². The Morgan fingerprint density at radius 1 is 1.12 bits per heavy atom. The van der Waals surface area contributed by atoms with Gasteiger partial charge in [0.25, 0.3) is 0 Å².